The molecular formula is C16H21N9O6. The molecule has 0 aliphatic heterocycles. The van der Waals surface area contributed by atoms with Gasteiger partial charge in [-0.2, -0.15) is 0 Å². The number of nitrogens with one attached hydrogen (secondary N) is 2. The van der Waals surface area contributed by atoms with Gasteiger partial charge in [-0.15, -0.1) is 10.2 Å². The van der Waals surface area contributed by atoms with Gasteiger partial charge in [0, 0.05) is 28.2 Å². The van der Waals surface area contributed by atoms with Gasteiger partial charge in [0.05, 0.1) is 13.1 Å². The Hall–Kier alpha value is -4.30. The average Bonchev–Trinajstić information content (AvgIpc) is 2.74. The maximum absolute atomic E-state index is 12.5. The van der Waals surface area contributed by atoms with Gasteiger partial charge in [0.25, 0.3) is 11.1 Å². The third-order valence-corrected chi connectivity index (χ3v) is 4.31. The maximum atomic E-state index is 12.5. The van der Waals surface area contributed by atoms with Crippen molar-refractivity contribution in [2.45, 2.75) is 0 Å². The molecule has 2 aromatic heterocycles. The number of hydrogen-bond donors (Lipinski definition) is 3. The van der Waals surface area contributed by atoms with Crippen molar-refractivity contribution in [1.29, 1.82) is 0 Å². The lowest BCUT2D eigenvalue weighted by atomic mass is 10.4. The molecule has 15 nitrogen and oxygen atoms in total. The van der Waals surface area contributed by atoms with E-state index in [1.165, 1.54) is 28.2 Å². The largest absolute Gasteiger partial charge is 0.371 e. The molecule has 0 aliphatic carbocycles. The molecule has 4 N–H and O–H groups in total. The van der Waals surface area contributed by atoms with E-state index in [-0.39, 0.29) is 29.6 Å². The van der Waals surface area contributed by atoms with Gasteiger partial charge in [-0.3, -0.25) is 32.7 Å². The quantitative estimate of drug-likeness (QED) is 0.296. The number of carbonyl (C=O) groups excluding carboxylic acids is 2. The topological polar surface area (TPSA) is 197 Å². The molecule has 0 saturated carbocycles. The monoisotopic (exact) mass is 435 g/mol. The molecule has 0 aromatic carbocycles. The summed E-state index contributed by atoms with van der Waals surface area (Å²) in [4.78, 5) is 71.3. The molecule has 0 radical (unpaired) electrons. The highest BCUT2D eigenvalue weighted by Crippen LogP contribution is 2.24. The van der Waals surface area contributed by atoms with Crippen LogP contribution in [0.25, 0.3) is 0 Å². The van der Waals surface area contributed by atoms with Gasteiger partial charge in [0.15, 0.2) is 11.6 Å². The summed E-state index contributed by atoms with van der Waals surface area (Å²) >= 11 is 0. The number of aromatic nitrogens is 4. The van der Waals surface area contributed by atoms with Gasteiger partial charge >= 0.3 is 11.4 Å². The third-order valence-electron chi connectivity index (χ3n) is 4.31. The molecule has 0 spiro atoms. The number of rotatable bonds is 8. The molecule has 0 fully saturated rings. The van der Waals surface area contributed by atoms with Crippen LogP contribution in [0.4, 0.5) is 23.0 Å². The highest BCUT2D eigenvalue weighted by atomic mass is 16.2. The molecule has 0 aliphatic rings. The van der Waals surface area contributed by atoms with Crippen LogP contribution in [-0.2, 0) is 37.8 Å². The third kappa shape index (κ3) is 4.34. The molecule has 2 aromatic rings. The van der Waals surface area contributed by atoms with Crippen LogP contribution in [0.15, 0.2) is 29.4 Å². The van der Waals surface area contributed by atoms with Crippen molar-refractivity contribution in [1.82, 2.24) is 18.3 Å². The van der Waals surface area contributed by atoms with Gasteiger partial charge in [0.1, 0.15) is 17.7 Å². The number of nitrogens with two attached hydrogens (primary N) is 1. The van der Waals surface area contributed by atoms with Crippen LogP contribution >= 0.6 is 0 Å². The zero-order chi connectivity index (χ0) is 23.5. The van der Waals surface area contributed by atoms with Gasteiger partial charge in [-0.05, 0) is 0 Å². The summed E-state index contributed by atoms with van der Waals surface area (Å²) in [6.07, 6.45) is 0.502. The first-order valence-corrected chi connectivity index (χ1v) is 8.74. The fraction of sp³-hybridized carbons (Fsp3) is 0.375. The van der Waals surface area contributed by atoms with Crippen molar-refractivity contribution in [3.63, 3.8) is 0 Å². The van der Waals surface area contributed by atoms with E-state index in [4.69, 9.17) is 5.73 Å². The summed E-state index contributed by atoms with van der Waals surface area (Å²) < 4.78 is 3.56. The summed E-state index contributed by atoms with van der Waals surface area (Å²) in [6.45, 7) is -0.668. The lowest BCUT2D eigenvalue weighted by Gasteiger charge is -2.13. The summed E-state index contributed by atoms with van der Waals surface area (Å²) in [5.41, 5.74) is 1.65. The fourth-order valence-corrected chi connectivity index (χ4v) is 2.62. The zero-order valence-electron chi connectivity index (χ0n) is 17.2. The van der Waals surface area contributed by atoms with Crippen molar-refractivity contribution in [3.8, 4) is 0 Å². The van der Waals surface area contributed by atoms with E-state index in [1.807, 2.05) is 0 Å². The predicted octanol–water partition coefficient (Wildman–Crippen LogP) is -2.60. The Balaban J connectivity index is 2.78. The van der Waals surface area contributed by atoms with Crippen LogP contribution in [-0.4, -0.2) is 43.6 Å². The van der Waals surface area contributed by atoms with E-state index in [1.54, 1.807) is 0 Å². The first-order chi connectivity index (χ1) is 14.5. The lowest BCUT2D eigenvalue weighted by Crippen LogP contribution is -2.39. The molecule has 0 atom stereocenters. The van der Waals surface area contributed by atoms with Crippen molar-refractivity contribution in [2.75, 3.05) is 23.7 Å². The SMILES string of the molecule is Cn1c(N=Nc2c(NCC(N)=O)c(=O)n(C)c(=O)n2C)c(NCC=O)c(=O)n(C)c1=O. The van der Waals surface area contributed by atoms with Gasteiger partial charge in [-0.1, -0.05) is 0 Å². The van der Waals surface area contributed by atoms with Gasteiger partial charge in [0.2, 0.25) is 5.91 Å². The summed E-state index contributed by atoms with van der Waals surface area (Å²) in [5.74, 6) is -1.29. The number of amides is 1. The Morgan fingerprint density at radius 3 is 1.65 bits per heavy atom. The smallest absolute Gasteiger partial charge is 0.332 e. The predicted molar refractivity (Wildman–Crippen MR) is 110 cm³/mol. The molecule has 31 heavy (non-hydrogen) atoms. The maximum Gasteiger partial charge on any atom is 0.332 e. The van der Waals surface area contributed by atoms with Gasteiger partial charge in [-0.25, -0.2) is 9.59 Å². The second-order valence-electron chi connectivity index (χ2n) is 6.38. The summed E-state index contributed by atoms with van der Waals surface area (Å²) in [7, 11) is 5.10. The molecule has 1 amide bonds. The van der Waals surface area contributed by atoms with E-state index in [0.717, 1.165) is 18.3 Å². The molecule has 0 bridgehead atoms. The van der Waals surface area contributed by atoms with E-state index < -0.39 is 34.9 Å². The second kappa shape index (κ2) is 9.02. The standard InChI is InChI=1S/C16H21N9O6/c1-22-11(9(18-5-6-26)13(28)24(3)15(22)30)20-21-12-10(19-7-8(17)27)14(29)25(4)16(31)23(12)2/h6,18-19H,5,7H2,1-4H3,(H2,17,27). The molecular weight excluding hydrogens is 414 g/mol. The van der Waals surface area contributed by atoms with Crippen molar-refractivity contribution < 1.29 is 9.59 Å². The summed E-state index contributed by atoms with van der Waals surface area (Å²) in [5, 5.41) is 12.8. The van der Waals surface area contributed by atoms with Crippen LogP contribution in [0, 0.1) is 0 Å². The minimum atomic E-state index is -0.796. The molecule has 166 valence electrons. The number of primary amides is 1. The van der Waals surface area contributed by atoms with Crippen LogP contribution < -0.4 is 38.9 Å². The molecule has 2 heterocycles. The normalized spacial score (nSPS) is 11.0. The molecule has 2 rings (SSSR count). The van der Waals surface area contributed by atoms with Crippen LogP contribution in [0.2, 0.25) is 0 Å². The lowest BCUT2D eigenvalue weighted by molar-refractivity contribution is -0.116. The number of carbonyl (C=O) groups is 2. The summed E-state index contributed by atoms with van der Waals surface area (Å²) in [6, 6.07) is 0. The Labute approximate surface area is 173 Å². The van der Waals surface area contributed by atoms with Gasteiger partial charge < -0.3 is 21.2 Å². The minimum absolute atomic E-state index is 0.194. The van der Waals surface area contributed by atoms with E-state index >= 15 is 0 Å². The van der Waals surface area contributed by atoms with Crippen LogP contribution in [0.5, 0.6) is 0 Å². The zero-order valence-corrected chi connectivity index (χ0v) is 17.2. The van der Waals surface area contributed by atoms with Crippen LogP contribution in [0.3, 0.4) is 0 Å². The first kappa shape index (κ1) is 23.0. The highest BCUT2D eigenvalue weighted by molar-refractivity contribution is 5.79. The number of aldehydes is 1. The number of nitrogens with zero attached hydrogens (tertiary/aromatic N) is 6. The molecule has 15 heteroatoms. The molecule has 0 unspecified atom stereocenters. The van der Waals surface area contributed by atoms with E-state index in [0.29, 0.717) is 6.29 Å². The number of anilines is 2. The second-order valence-corrected chi connectivity index (χ2v) is 6.38. The molecule has 0 saturated heterocycles. The minimum Gasteiger partial charge on any atom is -0.371 e. The fourth-order valence-electron chi connectivity index (χ4n) is 2.62. The Kier molecular flexibility index (Phi) is 6.69. The Bertz CT molecular complexity index is 1310. The van der Waals surface area contributed by atoms with E-state index in [9.17, 15) is 28.8 Å². The van der Waals surface area contributed by atoms with Crippen LogP contribution in [0.1, 0.15) is 0 Å². The van der Waals surface area contributed by atoms with Crippen molar-refractivity contribution in [2.24, 2.45) is 44.2 Å². The average molecular weight is 435 g/mol. The number of azo groups is 1. The highest BCUT2D eigenvalue weighted by Gasteiger charge is 2.18. The van der Waals surface area contributed by atoms with Crippen molar-refractivity contribution in [3.05, 3.63) is 41.7 Å². The Morgan fingerprint density at radius 2 is 1.26 bits per heavy atom. The Morgan fingerprint density at radius 1 is 0.839 bits per heavy atom. The van der Waals surface area contributed by atoms with E-state index in [2.05, 4.69) is 20.9 Å². The first-order valence-electron chi connectivity index (χ1n) is 8.74. The van der Waals surface area contributed by atoms with Crippen molar-refractivity contribution >= 4 is 35.2 Å². The number of hydrogen-bond acceptors (Lipinski definition) is 10.